The monoisotopic (exact) mass is 276 g/mol. The normalized spacial score (nSPS) is 18.2. The number of benzene rings is 1. The van der Waals surface area contributed by atoms with E-state index in [1.165, 1.54) is 0 Å². The number of carbonyl (C=O) groups is 2. The second kappa shape index (κ2) is 5.27. The van der Waals surface area contributed by atoms with E-state index in [1.807, 2.05) is 13.8 Å². The van der Waals surface area contributed by atoms with Gasteiger partial charge in [-0.2, -0.15) is 0 Å². The molecule has 0 saturated carbocycles. The highest BCUT2D eigenvalue weighted by Crippen LogP contribution is 2.26. The molecule has 2 heterocycles. The lowest BCUT2D eigenvalue weighted by Crippen LogP contribution is -2.30. The number of fused-ring (bicyclic) bond motifs is 8. The number of esters is 2. The summed E-state index contributed by atoms with van der Waals surface area (Å²) in [6.45, 7) is 8.02. The van der Waals surface area contributed by atoms with Gasteiger partial charge in [-0.25, -0.2) is 9.59 Å². The Morgan fingerprint density at radius 1 is 1.00 bits per heavy atom. The molecule has 4 heteroatoms. The molecule has 20 heavy (non-hydrogen) atoms. The predicted molar refractivity (Wildman–Crippen MR) is 74.9 cm³/mol. The lowest BCUT2D eigenvalue weighted by molar-refractivity contribution is -0.000183. The van der Waals surface area contributed by atoms with Crippen molar-refractivity contribution in [3.63, 3.8) is 0 Å². The fourth-order valence-corrected chi connectivity index (χ4v) is 2.14. The van der Waals surface area contributed by atoms with Crippen LogP contribution >= 0.6 is 0 Å². The van der Waals surface area contributed by atoms with Gasteiger partial charge in [-0.3, -0.25) is 0 Å². The molecular formula is C16H20O4. The summed E-state index contributed by atoms with van der Waals surface area (Å²) in [5.41, 5.74) is 2.14. The third-order valence-electron chi connectivity index (χ3n) is 3.97. The van der Waals surface area contributed by atoms with E-state index >= 15 is 0 Å². The van der Waals surface area contributed by atoms with Crippen LogP contribution in [0, 0.1) is 19.3 Å². The van der Waals surface area contributed by atoms with Crippen molar-refractivity contribution in [3.8, 4) is 0 Å². The van der Waals surface area contributed by atoms with Crippen LogP contribution in [0.2, 0.25) is 0 Å². The smallest absolute Gasteiger partial charge is 0.338 e. The first-order valence-electron chi connectivity index (χ1n) is 6.82. The van der Waals surface area contributed by atoms with Crippen LogP contribution in [-0.4, -0.2) is 25.2 Å². The van der Waals surface area contributed by atoms with E-state index in [9.17, 15) is 9.59 Å². The van der Waals surface area contributed by atoms with Gasteiger partial charge in [0.25, 0.3) is 0 Å². The minimum atomic E-state index is -0.349. The summed E-state index contributed by atoms with van der Waals surface area (Å²) in [5, 5.41) is 0. The maximum Gasteiger partial charge on any atom is 0.338 e. The molecule has 0 saturated heterocycles. The lowest BCUT2D eigenvalue weighted by atomic mass is 9.90. The van der Waals surface area contributed by atoms with E-state index in [1.54, 1.807) is 26.0 Å². The molecule has 2 aliphatic heterocycles. The van der Waals surface area contributed by atoms with E-state index in [2.05, 4.69) is 0 Å². The SMILES string of the molecule is CCC1(C)COC(=O)c2cc(C)c(cc2C)C(=O)OC1. The Hall–Kier alpha value is -1.84. The summed E-state index contributed by atoms with van der Waals surface area (Å²) < 4.78 is 10.8. The number of carbonyl (C=O) groups excluding carboxylic acids is 2. The standard InChI is InChI=1S/C16H20O4/c1-5-16(4)8-19-14(17)12-7-11(3)13(6-10(12)2)15(18)20-9-16/h6-7H,5,8-9H2,1-4H3. The number of ether oxygens (including phenoxy) is 2. The van der Waals surface area contributed by atoms with E-state index in [0.717, 1.165) is 17.5 Å². The summed E-state index contributed by atoms with van der Waals surface area (Å²) in [4.78, 5) is 24.3. The van der Waals surface area contributed by atoms with E-state index in [4.69, 9.17) is 9.47 Å². The van der Waals surface area contributed by atoms with Crippen LogP contribution < -0.4 is 0 Å². The Kier molecular flexibility index (Phi) is 3.84. The highest BCUT2D eigenvalue weighted by atomic mass is 16.5. The van der Waals surface area contributed by atoms with Crippen LogP contribution in [0.15, 0.2) is 12.1 Å². The number of hydrogen-bond acceptors (Lipinski definition) is 4. The lowest BCUT2D eigenvalue weighted by Gasteiger charge is -2.26. The molecule has 0 unspecified atom stereocenters. The van der Waals surface area contributed by atoms with Gasteiger partial charge in [0, 0.05) is 5.41 Å². The molecule has 1 aromatic carbocycles. The van der Waals surface area contributed by atoms with Gasteiger partial charge in [0.2, 0.25) is 0 Å². The Labute approximate surface area is 119 Å². The average molecular weight is 276 g/mol. The van der Waals surface area contributed by atoms with E-state index < -0.39 is 0 Å². The Bertz CT molecular complexity index is 514. The molecule has 0 radical (unpaired) electrons. The van der Waals surface area contributed by atoms with Crippen LogP contribution in [0.4, 0.5) is 0 Å². The highest BCUT2D eigenvalue weighted by Gasteiger charge is 2.29. The number of rotatable bonds is 1. The molecule has 4 nitrogen and oxygen atoms in total. The molecular weight excluding hydrogens is 256 g/mol. The third-order valence-corrected chi connectivity index (χ3v) is 3.97. The summed E-state index contributed by atoms with van der Waals surface area (Å²) >= 11 is 0. The molecule has 2 aliphatic rings. The van der Waals surface area contributed by atoms with Crippen molar-refractivity contribution in [3.05, 3.63) is 34.4 Å². The summed E-state index contributed by atoms with van der Waals surface area (Å²) in [6, 6.07) is 3.39. The zero-order valence-corrected chi connectivity index (χ0v) is 12.4. The van der Waals surface area contributed by atoms with Gasteiger partial charge in [-0.15, -0.1) is 0 Å². The number of aryl methyl sites for hydroxylation is 2. The molecule has 0 amide bonds. The molecule has 1 aromatic rings. The van der Waals surface area contributed by atoms with Gasteiger partial charge in [0.1, 0.15) is 13.2 Å². The highest BCUT2D eigenvalue weighted by molar-refractivity contribution is 5.96. The molecule has 0 aliphatic carbocycles. The molecule has 3 rings (SSSR count). The van der Waals surface area contributed by atoms with Gasteiger partial charge in [0.05, 0.1) is 11.1 Å². The first-order chi connectivity index (χ1) is 9.36. The van der Waals surface area contributed by atoms with Crippen molar-refractivity contribution >= 4 is 11.9 Å². The molecule has 0 atom stereocenters. The van der Waals surface area contributed by atoms with Crippen LogP contribution in [0.3, 0.4) is 0 Å². The van der Waals surface area contributed by atoms with Gasteiger partial charge < -0.3 is 9.47 Å². The molecule has 0 aromatic heterocycles. The molecule has 0 fully saturated rings. The van der Waals surface area contributed by atoms with Gasteiger partial charge in [-0.05, 0) is 43.5 Å². The Morgan fingerprint density at radius 2 is 1.40 bits per heavy atom. The molecule has 0 spiro atoms. The van der Waals surface area contributed by atoms with Crippen LogP contribution in [0.5, 0.6) is 0 Å². The average Bonchev–Trinajstić information content (AvgIpc) is 2.45. The van der Waals surface area contributed by atoms with Crippen LogP contribution in [0.1, 0.15) is 52.1 Å². The first-order valence-corrected chi connectivity index (χ1v) is 6.82. The largest absolute Gasteiger partial charge is 0.461 e. The van der Waals surface area contributed by atoms with Crippen LogP contribution in [-0.2, 0) is 9.47 Å². The van der Waals surface area contributed by atoms with Gasteiger partial charge in [0.15, 0.2) is 0 Å². The second-order valence-electron chi connectivity index (χ2n) is 5.80. The second-order valence-corrected chi connectivity index (χ2v) is 5.80. The summed E-state index contributed by atoms with van der Waals surface area (Å²) in [6.07, 6.45) is 0.761. The summed E-state index contributed by atoms with van der Waals surface area (Å²) in [5.74, 6) is -0.683. The Balaban J connectivity index is 2.47. The third kappa shape index (κ3) is 2.69. The topological polar surface area (TPSA) is 52.6 Å². The quantitative estimate of drug-likeness (QED) is 0.740. The van der Waals surface area contributed by atoms with Gasteiger partial charge in [-0.1, -0.05) is 13.8 Å². The zero-order chi connectivity index (χ0) is 14.9. The van der Waals surface area contributed by atoms with Crippen molar-refractivity contribution in [2.45, 2.75) is 34.1 Å². The maximum atomic E-state index is 12.2. The maximum absolute atomic E-state index is 12.2. The number of hydrogen-bond donors (Lipinski definition) is 0. The molecule has 0 N–H and O–H groups in total. The van der Waals surface area contributed by atoms with E-state index in [-0.39, 0.29) is 30.6 Å². The minimum absolute atomic E-state index is 0.245. The van der Waals surface area contributed by atoms with Gasteiger partial charge >= 0.3 is 11.9 Å². The molecule has 108 valence electrons. The summed E-state index contributed by atoms with van der Waals surface area (Å²) in [7, 11) is 0. The minimum Gasteiger partial charge on any atom is -0.461 e. The molecule has 2 bridgehead atoms. The van der Waals surface area contributed by atoms with Crippen molar-refractivity contribution in [2.24, 2.45) is 5.41 Å². The fraction of sp³-hybridized carbons (Fsp3) is 0.500. The van der Waals surface area contributed by atoms with Crippen molar-refractivity contribution in [2.75, 3.05) is 13.2 Å². The van der Waals surface area contributed by atoms with Crippen LogP contribution in [0.25, 0.3) is 0 Å². The zero-order valence-electron chi connectivity index (χ0n) is 12.4. The first kappa shape index (κ1) is 14.6. The van der Waals surface area contributed by atoms with E-state index in [0.29, 0.717) is 11.1 Å². The van der Waals surface area contributed by atoms with Crippen molar-refractivity contribution in [1.29, 1.82) is 0 Å². The van der Waals surface area contributed by atoms with Crippen molar-refractivity contribution < 1.29 is 19.1 Å². The fourth-order valence-electron chi connectivity index (χ4n) is 2.14. The predicted octanol–water partition coefficient (Wildman–Crippen LogP) is 3.05. The van der Waals surface area contributed by atoms with Crippen molar-refractivity contribution in [1.82, 2.24) is 0 Å². The Morgan fingerprint density at radius 3 is 1.75 bits per heavy atom.